The lowest BCUT2D eigenvalue weighted by Gasteiger charge is -2.26. The Labute approximate surface area is 179 Å². The topological polar surface area (TPSA) is 98.6 Å². The van der Waals surface area contributed by atoms with Crippen molar-refractivity contribution in [2.45, 2.75) is 38.8 Å². The zero-order valence-electron chi connectivity index (χ0n) is 17.4. The Morgan fingerprint density at radius 3 is 3.06 bits per heavy atom. The highest BCUT2D eigenvalue weighted by atomic mass is 19.1. The lowest BCUT2D eigenvalue weighted by Crippen LogP contribution is -2.25. The minimum absolute atomic E-state index is 0.149. The van der Waals surface area contributed by atoms with Crippen LogP contribution in [0.2, 0.25) is 0 Å². The van der Waals surface area contributed by atoms with Gasteiger partial charge in [0, 0.05) is 18.3 Å². The molecule has 1 aliphatic heterocycles. The highest BCUT2D eigenvalue weighted by Crippen LogP contribution is 2.36. The number of anilines is 1. The van der Waals surface area contributed by atoms with Gasteiger partial charge in [0.15, 0.2) is 5.65 Å². The highest BCUT2D eigenvalue weighted by molar-refractivity contribution is 5.95. The van der Waals surface area contributed by atoms with Crippen LogP contribution < -0.4 is 10.6 Å². The zero-order chi connectivity index (χ0) is 22.0. The van der Waals surface area contributed by atoms with Crippen molar-refractivity contribution >= 4 is 17.4 Å². The Balaban J connectivity index is 1.74. The average molecular weight is 422 g/mol. The van der Waals surface area contributed by atoms with Gasteiger partial charge in [0.1, 0.15) is 22.9 Å². The van der Waals surface area contributed by atoms with Crippen molar-refractivity contribution in [1.29, 1.82) is 0 Å². The molecule has 2 N–H and O–H groups in total. The maximum Gasteiger partial charge on any atom is 0.343 e. The van der Waals surface area contributed by atoms with Crippen molar-refractivity contribution in [3.63, 3.8) is 0 Å². The van der Waals surface area contributed by atoms with Crippen molar-refractivity contribution in [3.8, 4) is 11.8 Å². The predicted molar refractivity (Wildman–Crippen MR) is 113 cm³/mol. The van der Waals surface area contributed by atoms with Crippen molar-refractivity contribution in [1.82, 2.24) is 19.6 Å². The number of nitrogens with two attached hydrogens (primary N) is 1. The summed E-state index contributed by atoms with van der Waals surface area (Å²) in [6, 6.07) is 2.84. The molecule has 1 aliphatic rings. The minimum atomic E-state index is -0.470. The molecule has 9 heteroatoms. The van der Waals surface area contributed by atoms with E-state index in [1.165, 1.54) is 16.8 Å². The van der Waals surface area contributed by atoms with E-state index in [1.54, 1.807) is 20.0 Å². The van der Waals surface area contributed by atoms with E-state index >= 15 is 0 Å². The molecule has 0 saturated carbocycles. The van der Waals surface area contributed by atoms with Crippen LogP contribution >= 0.6 is 0 Å². The van der Waals surface area contributed by atoms with Crippen LogP contribution in [0.25, 0.3) is 5.65 Å². The molecule has 1 fully saturated rings. The van der Waals surface area contributed by atoms with Gasteiger partial charge < -0.3 is 15.4 Å². The van der Waals surface area contributed by atoms with Gasteiger partial charge in [-0.2, -0.15) is 5.10 Å². The summed E-state index contributed by atoms with van der Waals surface area (Å²) in [5.41, 5.74) is 7.68. The summed E-state index contributed by atoms with van der Waals surface area (Å²) in [6.45, 7) is 4.52. The average Bonchev–Trinajstić information content (AvgIpc) is 3.39. The maximum atomic E-state index is 14.1. The van der Waals surface area contributed by atoms with Gasteiger partial charge in [0.2, 0.25) is 0 Å². The number of rotatable bonds is 4. The second kappa shape index (κ2) is 8.70. The van der Waals surface area contributed by atoms with Gasteiger partial charge in [-0.3, -0.25) is 0 Å². The van der Waals surface area contributed by atoms with Crippen LogP contribution in [-0.2, 0) is 4.74 Å². The normalized spacial score (nSPS) is 16.8. The number of aromatic nitrogens is 4. The first-order valence-electron chi connectivity index (χ1n) is 10.2. The van der Waals surface area contributed by atoms with Crippen LogP contribution in [0, 0.1) is 17.7 Å². The molecule has 0 bridgehead atoms. The van der Waals surface area contributed by atoms with E-state index in [0.29, 0.717) is 28.3 Å². The van der Waals surface area contributed by atoms with E-state index in [2.05, 4.69) is 31.8 Å². The second-order valence-electron chi connectivity index (χ2n) is 7.33. The quantitative estimate of drug-likeness (QED) is 0.509. The molecule has 0 aromatic carbocycles. The number of esters is 1. The molecule has 160 valence electrons. The van der Waals surface area contributed by atoms with E-state index in [-0.39, 0.29) is 18.7 Å². The summed E-state index contributed by atoms with van der Waals surface area (Å²) in [4.78, 5) is 23.2. The predicted octanol–water partition coefficient (Wildman–Crippen LogP) is 2.48. The number of fused-ring (bicyclic) bond motifs is 1. The Morgan fingerprint density at radius 2 is 2.29 bits per heavy atom. The third-order valence-corrected chi connectivity index (χ3v) is 5.06. The van der Waals surface area contributed by atoms with Gasteiger partial charge in [-0.15, -0.1) is 0 Å². The van der Waals surface area contributed by atoms with Gasteiger partial charge in [-0.1, -0.05) is 5.92 Å². The summed E-state index contributed by atoms with van der Waals surface area (Å²) in [7, 11) is 0. The number of halogens is 1. The smallest absolute Gasteiger partial charge is 0.343 e. The third-order valence-electron chi connectivity index (χ3n) is 5.06. The first kappa shape index (κ1) is 20.8. The molecule has 1 saturated heterocycles. The van der Waals surface area contributed by atoms with Crippen LogP contribution in [0.4, 0.5) is 10.2 Å². The molecule has 0 aliphatic carbocycles. The molecule has 8 nitrogen and oxygen atoms in total. The number of hydrogen-bond acceptors (Lipinski definition) is 7. The van der Waals surface area contributed by atoms with Gasteiger partial charge in [-0.25, -0.2) is 23.7 Å². The van der Waals surface area contributed by atoms with E-state index in [9.17, 15) is 9.18 Å². The Hall–Kier alpha value is -3.51. The molecule has 31 heavy (non-hydrogen) atoms. The maximum absolute atomic E-state index is 14.1. The summed E-state index contributed by atoms with van der Waals surface area (Å²) in [5.74, 6) is 5.65. The molecule has 0 radical (unpaired) electrons. The molecule has 2 atom stereocenters. The molecule has 4 heterocycles. The van der Waals surface area contributed by atoms with Gasteiger partial charge in [0.25, 0.3) is 0 Å². The third kappa shape index (κ3) is 4.20. The molecule has 3 aromatic rings. The van der Waals surface area contributed by atoms with Gasteiger partial charge >= 0.3 is 5.97 Å². The number of hydrogen-bond donors (Lipinski definition) is 1. The van der Waals surface area contributed by atoms with Crippen molar-refractivity contribution in [3.05, 3.63) is 53.4 Å². The van der Waals surface area contributed by atoms with Crippen molar-refractivity contribution in [2.75, 3.05) is 18.1 Å². The monoisotopic (exact) mass is 422 g/mol. The number of pyridine rings is 1. The van der Waals surface area contributed by atoms with Gasteiger partial charge in [0.05, 0.1) is 31.1 Å². The Bertz CT molecular complexity index is 1180. The SMILES string of the molecule is CCOC(=O)c1cnn2ccc(N3CCCC3c3cc(F)cnc3C#CC(C)N)nc12. The van der Waals surface area contributed by atoms with Crippen LogP contribution in [0.5, 0.6) is 0 Å². The van der Waals surface area contributed by atoms with Crippen LogP contribution in [0.15, 0.2) is 30.7 Å². The van der Waals surface area contributed by atoms with Gasteiger partial charge in [-0.05, 0) is 44.7 Å². The largest absolute Gasteiger partial charge is 0.462 e. The van der Waals surface area contributed by atoms with E-state index in [0.717, 1.165) is 25.6 Å². The summed E-state index contributed by atoms with van der Waals surface area (Å²) >= 11 is 0. The molecule has 3 aromatic heterocycles. The van der Waals surface area contributed by atoms with Crippen LogP contribution in [0.3, 0.4) is 0 Å². The van der Waals surface area contributed by atoms with E-state index in [1.807, 2.05) is 6.07 Å². The van der Waals surface area contributed by atoms with Crippen molar-refractivity contribution < 1.29 is 13.9 Å². The highest BCUT2D eigenvalue weighted by Gasteiger charge is 2.30. The molecular weight excluding hydrogens is 399 g/mol. The molecule has 4 rings (SSSR count). The number of carbonyl (C=O) groups excluding carboxylic acids is 1. The first-order valence-corrected chi connectivity index (χ1v) is 10.2. The molecule has 2 unspecified atom stereocenters. The fourth-order valence-corrected chi connectivity index (χ4v) is 3.73. The first-order chi connectivity index (χ1) is 15.0. The summed E-state index contributed by atoms with van der Waals surface area (Å²) < 4.78 is 20.7. The summed E-state index contributed by atoms with van der Waals surface area (Å²) in [5, 5.41) is 4.18. The number of carbonyl (C=O) groups is 1. The second-order valence-corrected chi connectivity index (χ2v) is 7.33. The fourth-order valence-electron chi connectivity index (χ4n) is 3.73. The molecule has 0 amide bonds. The standard InChI is InChI=1S/C22H23FN6O2/c1-3-31-22(30)17-13-26-29-10-8-20(27-21(17)29)28-9-4-5-19(28)16-11-15(23)12-25-18(16)7-6-14(2)24/h8,10-14,19H,3-5,9,24H2,1-2H3. The summed E-state index contributed by atoms with van der Waals surface area (Å²) in [6.07, 6.45) is 6.06. The van der Waals surface area contributed by atoms with E-state index < -0.39 is 11.8 Å². The zero-order valence-corrected chi connectivity index (χ0v) is 17.4. The minimum Gasteiger partial charge on any atom is -0.462 e. The van der Waals surface area contributed by atoms with Crippen LogP contribution in [0.1, 0.15) is 54.3 Å². The van der Waals surface area contributed by atoms with Crippen LogP contribution in [-0.4, -0.2) is 44.7 Å². The lowest BCUT2D eigenvalue weighted by atomic mass is 10.0. The number of nitrogens with zero attached hydrogens (tertiary/aromatic N) is 5. The Kier molecular flexibility index (Phi) is 5.82. The van der Waals surface area contributed by atoms with Crippen molar-refractivity contribution in [2.24, 2.45) is 5.73 Å². The molecular formula is C22H23FN6O2. The fraction of sp³-hybridized carbons (Fsp3) is 0.364. The Morgan fingerprint density at radius 1 is 1.45 bits per heavy atom. The molecule has 0 spiro atoms. The number of ether oxygens (including phenoxy) is 1. The lowest BCUT2D eigenvalue weighted by molar-refractivity contribution is 0.0528. The van der Waals surface area contributed by atoms with E-state index in [4.69, 9.17) is 10.5 Å².